The summed E-state index contributed by atoms with van der Waals surface area (Å²) >= 11 is 0. The van der Waals surface area contributed by atoms with Crippen LogP contribution in [0.1, 0.15) is 20.8 Å². The van der Waals surface area contributed by atoms with Crippen molar-refractivity contribution >= 4 is 11.9 Å². The fourth-order valence-corrected chi connectivity index (χ4v) is 1.25. The predicted octanol–water partition coefficient (Wildman–Crippen LogP) is 2.09. The van der Waals surface area contributed by atoms with Gasteiger partial charge in [-0.3, -0.25) is 5.41 Å². The van der Waals surface area contributed by atoms with E-state index in [0.717, 1.165) is 6.08 Å². The molecule has 3 atom stereocenters. The average Bonchev–Trinajstić information content (AvgIpc) is 2.47. The predicted molar refractivity (Wildman–Crippen MR) is 80.5 cm³/mol. The van der Waals surface area contributed by atoms with Gasteiger partial charge in [-0.25, -0.2) is 4.79 Å². The Labute approximate surface area is 126 Å². The lowest BCUT2D eigenvalue weighted by Crippen LogP contribution is -2.27. The van der Waals surface area contributed by atoms with E-state index in [4.69, 9.17) is 24.4 Å². The third kappa shape index (κ3) is 10.8. The van der Waals surface area contributed by atoms with Crippen LogP contribution in [0.5, 0.6) is 0 Å². The Kier molecular flexibility index (Phi) is 10.2. The van der Waals surface area contributed by atoms with Crippen LogP contribution in [0, 0.1) is 5.41 Å². The largest absolute Gasteiger partial charge is 0.473 e. The lowest BCUT2D eigenvalue weighted by Gasteiger charge is -2.20. The Morgan fingerprint density at radius 1 is 1.00 bits per heavy atom. The number of esters is 1. The molecule has 0 rings (SSSR count). The zero-order valence-electron chi connectivity index (χ0n) is 13.0. The lowest BCUT2D eigenvalue weighted by molar-refractivity contribution is -0.142. The number of rotatable bonds is 11. The molecule has 0 spiro atoms. The highest BCUT2D eigenvalue weighted by Gasteiger charge is 2.11. The maximum atomic E-state index is 10.9. The van der Waals surface area contributed by atoms with E-state index in [-0.39, 0.29) is 30.8 Å². The quantitative estimate of drug-likeness (QED) is 0.273. The summed E-state index contributed by atoms with van der Waals surface area (Å²) in [6, 6.07) is 0. The van der Waals surface area contributed by atoms with E-state index in [0.29, 0.717) is 13.2 Å². The zero-order chi connectivity index (χ0) is 16.3. The molecule has 21 heavy (non-hydrogen) atoms. The molecule has 6 heteroatoms. The fourth-order valence-electron chi connectivity index (χ4n) is 1.25. The first kappa shape index (κ1) is 19.3. The van der Waals surface area contributed by atoms with E-state index in [9.17, 15) is 4.79 Å². The van der Waals surface area contributed by atoms with Crippen molar-refractivity contribution < 1.29 is 23.7 Å². The third-order valence-corrected chi connectivity index (χ3v) is 2.37. The summed E-state index contributed by atoms with van der Waals surface area (Å²) in [6.45, 7) is 13.1. The minimum absolute atomic E-state index is 0.0210. The van der Waals surface area contributed by atoms with Gasteiger partial charge in [0.25, 0.3) is 0 Å². The number of carbonyl (C=O) groups excluding carboxylic acids is 1. The number of ether oxygens (including phenoxy) is 4. The normalized spacial score (nSPS) is 14.6. The van der Waals surface area contributed by atoms with Gasteiger partial charge in [0, 0.05) is 6.08 Å². The molecule has 0 fully saturated rings. The van der Waals surface area contributed by atoms with Crippen molar-refractivity contribution in [2.75, 3.05) is 19.8 Å². The molecule has 0 aliphatic rings. The molecule has 120 valence electrons. The third-order valence-electron chi connectivity index (χ3n) is 2.37. The molecule has 3 unspecified atom stereocenters. The molecule has 0 saturated carbocycles. The molecule has 6 nitrogen and oxygen atoms in total. The molecule has 0 amide bonds. The van der Waals surface area contributed by atoms with Crippen LogP contribution in [0.2, 0.25) is 0 Å². The van der Waals surface area contributed by atoms with Gasteiger partial charge in [0.05, 0.1) is 25.4 Å². The van der Waals surface area contributed by atoms with Gasteiger partial charge in [0.2, 0.25) is 5.90 Å². The van der Waals surface area contributed by atoms with Crippen molar-refractivity contribution in [1.82, 2.24) is 0 Å². The highest BCUT2D eigenvalue weighted by molar-refractivity contribution is 5.84. The van der Waals surface area contributed by atoms with Crippen LogP contribution in [0.3, 0.4) is 0 Å². The van der Waals surface area contributed by atoms with Crippen molar-refractivity contribution in [3.05, 3.63) is 25.3 Å². The Hall–Kier alpha value is -1.66. The molecule has 0 aliphatic carbocycles. The highest BCUT2D eigenvalue weighted by Crippen LogP contribution is 2.01. The highest BCUT2D eigenvalue weighted by atomic mass is 16.6. The van der Waals surface area contributed by atoms with Crippen molar-refractivity contribution in [1.29, 1.82) is 5.41 Å². The van der Waals surface area contributed by atoms with E-state index in [1.165, 1.54) is 6.08 Å². The van der Waals surface area contributed by atoms with Crippen LogP contribution in [-0.4, -0.2) is 50.0 Å². The van der Waals surface area contributed by atoms with Crippen LogP contribution < -0.4 is 0 Å². The molecule has 0 aromatic rings. The summed E-state index contributed by atoms with van der Waals surface area (Å²) in [7, 11) is 0. The topological polar surface area (TPSA) is 77.8 Å². The minimum Gasteiger partial charge on any atom is -0.473 e. The summed E-state index contributed by atoms with van der Waals surface area (Å²) in [5, 5.41) is 7.32. The fraction of sp³-hybridized carbons (Fsp3) is 0.600. The van der Waals surface area contributed by atoms with Gasteiger partial charge in [-0.15, -0.1) is 0 Å². The molecule has 0 saturated heterocycles. The lowest BCUT2D eigenvalue weighted by atomic mass is 10.4. The molecular weight excluding hydrogens is 274 g/mol. The Bertz CT molecular complexity index is 356. The van der Waals surface area contributed by atoms with E-state index >= 15 is 0 Å². The summed E-state index contributed by atoms with van der Waals surface area (Å²) < 4.78 is 21.1. The monoisotopic (exact) mass is 299 g/mol. The smallest absolute Gasteiger partial charge is 0.330 e. The summed E-state index contributed by atoms with van der Waals surface area (Å²) in [4.78, 5) is 10.9. The van der Waals surface area contributed by atoms with Gasteiger partial charge < -0.3 is 18.9 Å². The second-order valence-electron chi connectivity index (χ2n) is 4.62. The molecule has 0 heterocycles. The molecule has 0 aromatic heterocycles. The molecule has 0 aliphatic heterocycles. The van der Waals surface area contributed by atoms with Crippen LogP contribution in [0.15, 0.2) is 25.3 Å². The summed E-state index contributed by atoms with van der Waals surface area (Å²) in [6.07, 6.45) is 1.86. The van der Waals surface area contributed by atoms with Crippen molar-refractivity contribution in [3.63, 3.8) is 0 Å². The maximum absolute atomic E-state index is 10.9. The zero-order valence-corrected chi connectivity index (χ0v) is 13.0. The standard InChI is InChI=1S/C15H25NO5/c1-6-14(16)21-13(5)10-19-11(3)8-18-12(4)9-20-15(17)7-2/h6-7,11-13,16H,1-2,8-10H2,3-5H3. The van der Waals surface area contributed by atoms with Crippen LogP contribution in [0.25, 0.3) is 0 Å². The van der Waals surface area contributed by atoms with Crippen molar-refractivity contribution in [2.45, 2.75) is 39.1 Å². The first-order valence-electron chi connectivity index (χ1n) is 6.79. The molecule has 0 aromatic carbocycles. The molecule has 1 N–H and O–H groups in total. The Morgan fingerprint density at radius 3 is 2.05 bits per heavy atom. The van der Waals surface area contributed by atoms with Gasteiger partial charge >= 0.3 is 5.97 Å². The van der Waals surface area contributed by atoms with Crippen molar-refractivity contribution in [2.24, 2.45) is 0 Å². The van der Waals surface area contributed by atoms with Gasteiger partial charge in [0.15, 0.2) is 0 Å². The van der Waals surface area contributed by atoms with E-state index in [1.807, 2.05) is 13.8 Å². The van der Waals surface area contributed by atoms with Crippen LogP contribution >= 0.6 is 0 Å². The SMILES string of the molecule is C=CC(=N)OC(C)COC(C)COC(C)COC(=O)C=C. The van der Waals surface area contributed by atoms with E-state index < -0.39 is 5.97 Å². The second-order valence-corrected chi connectivity index (χ2v) is 4.62. The van der Waals surface area contributed by atoms with Gasteiger partial charge in [-0.2, -0.15) is 0 Å². The number of hydrogen-bond donors (Lipinski definition) is 1. The molecule has 0 radical (unpaired) electrons. The van der Waals surface area contributed by atoms with E-state index in [1.54, 1.807) is 6.92 Å². The number of hydrogen-bond acceptors (Lipinski definition) is 6. The second kappa shape index (κ2) is 11.0. The first-order chi connectivity index (χ1) is 9.88. The first-order valence-corrected chi connectivity index (χ1v) is 6.79. The Balaban J connectivity index is 3.76. The van der Waals surface area contributed by atoms with Gasteiger partial charge in [-0.1, -0.05) is 13.2 Å². The van der Waals surface area contributed by atoms with Crippen molar-refractivity contribution in [3.8, 4) is 0 Å². The Morgan fingerprint density at radius 2 is 1.52 bits per heavy atom. The minimum atomic E-state index is -0.467. The number of nitrogens with one attached hydrogen (secondary N) is 1. The average molecular weight is 299 g/mol. The van der Waals surface area contributed by atoms with E-state index in [2.05, 4.69) is 13.2 Å². The van der Waals surface area contributed by atoms with Crippen LogP contribution in [-0.2, 0) is 23.7 Å². The van der Waals surface area contributed by atoms with Crippen LogP contribution in [0.4, 0.5) is 0 Å². The summed E-state index contributed by atoms with van der Waals surface area (Å²) in [5.74, 6) is -0.446. The van der Waals surface area contributed by atoms with Gasteiger partial charge in [0.1, 0.15) is 12.7 Å². The maximum Gasteiger partial charge on any atom is 0.330 e. The van der Waals surface area contributed by atoms with Gasteiger partial charge in [-0.05, 0) is 26.8 Å². The molecule has 0 bridgehead atoms. The number of carbonyl (C=O) groups is 1. The molecular formula is C15H25NO5. The summed E-state index contributed by atoms with van der Waals surface area (Å²) in [5.41, 5.74) is 0.